The summed E-state index contributed by atoms with van der Waals surface area (Å²) in [7, 11) is 0. The Kier molecular flexibility index (Phi) is 6.22. The highest BCUT2D eigenvalue weighted by molar-refractivity contribution is 9.10. The molecule has 0 aromatic carbocycles. The molecule has 3 heteroatoms. The van der Waals surface area contributed by atoms with Crippen molar-refractivity contribution >= 4 is 33.3 Å². The highest BCUT2D eigenvalue weighted by atomic mass is 79.9. The van der Waals surface area contributed by atoms with Crippen LogP contribution in [0.3, 0.4) is 0 Å². The van der Waals surface area contributed by atoms with Crippen LogP contribution in [0.5, 0.6) is 0 Å². The van der Waals surface area contributed by atoms with Crippen LogP contribution in [0.1, 0.15) is 31.6 Å². The summed E-state index contributed by atoms with van der Waals surface area (Å²) in [6, 6.07) is 2.17. The van der Waals surface area contributed by atoms with Crippen molar-refractivity contribution in [2.45, 2.75) is 26.7 Å². The average molecular weight is 288 g/mol. The van der Waals surface area contributed by atoms with Gasteiger partial charge in [-0.2, -0.15) is 0 Å². The second-order valence-corrected chi connectivity index (χ2v) is 5.36. The largest absolute Gasteiger partial charge is 0.313 e. The minimum atomic E-state index is 1.01. The first-order valence-electron chi connectivity index (χ1n) is 5.40. The van der Waals surface area contributed by atoms with Gasteiger partial charge in [0.1, 0.15) is 0 Å². The molecule has 0 aliphatic heterocycles. The van der Waals surface area contributed by atoms with Crippen LogP contribution in [0, 0.1) is 0 Å². The normalized spacial score (nSPS) is 12.1. The molecule has 0 unspecified atom stereocenters. The van der Waals surface area contributed by atoms with E-state index in [1.165, 1.54) is 21.3 Å². The minimum Gasteiger partial charge on any atom is -0.313 e. The third-order valence-corrected chi connectivity index (χ3v) is 3.81. The Labute approximate surface area is 105 Å². The van der Waals surface area contributed by atoms with Crippen LogP contribution in [-0.2, 0) is 0 Å². The minimum absolute atomic E-state index is 1.01. The number of halogens is 1. The lowest BCUT2D eigenvalue weighted by Gasteiger charge is -2.05. The van der Waals surface area contributed by atoms with Gasteiger partial charge in [0.05, 0.1) is 0 Å². The van der Waals surface area contributed by atoms with Crippen molar-refractivity contribution in [1.29, 1.82) is 0 Å². The van der Waals surface area contributed by atoms with Crippen LogP contribution < -0.4 is 5.32 Å². The molecule has 0 amide bonds. The highest BCUT2D eigenvalue weighted by Gasteiger charge is 1.97. The second kappa shape index (κ2) is 7.20. The second-order valence-electron chi connectivity index (χ2n) is 3.50. The van der Waals surface area contributed by atoms with Crippen molar-refractivity contribution in [1.82, 2.24) is 5.32 Å². The van der Waals surface area contributed by atoms with Crippen molar-refractivity contribution in [3.8, 4) is 0 Å². The smallest absolute Gasteiger partial charge is 0.0288 e. The molecule has 1 aromatic heterocycles. The van der Waals surface area contributed by atoms with Gasteiger partial charge in [-0.25, -0.2) is 0 Å². The summed E-state index contributed by atoms with van der Waals surface area (Å²) < 4.78 is 1.18. The zero-order valence-electron chi connectivity index (χ0n) is 9.35. The Bertz CT molecular complexity index is 317. The molecule has 84 valence electrons. The maximum absolute atomic E-state index is 3.47. The lowest BCUT2D eigenvalue weighted by atomic mass is 10.2. The van der Waals surface area contributed by atoms with E-state index in [9.17, 15) is 0 Å². The van der Waals surface area contributed by atoms with Crippen LogP contribution >= 0.6 is 27.3 Å². The standard InChI is InChI=1S/C12H18BrNS/c1-3-5-14-8-10(4-2)6-12-7-11(13)9-15-12/h6-7,9,14H,3-5,8H2,1-2H3. The molecule has 0 radical (unpaired) electrons. The number of nitrogens with one attached hydrogen (secondary N) is 1. The molecule has 1 heterocycles. The summed E-state index contributed by atoms with van der Waals surface area (Å²) in [5, 5.41) is 5.56. The lowest BCUT2D eigenvalue weighted by Crippen LogP contribution is -2.17. The van der Waals surface area contributed by atoms with E-state index in [4.69, 9.17) is 0 Å². The van der Waals surface area contributed by atoms with Crippen LogP contribution in [0.2, 0.25) is 0 Å². The number of hydrogen-bond donors (Lipinski definition) is 1. The summed E-state index contributed by atoms with van der Waals surface area (Å²) in [5.74, 6) is 0. The van der Waals surface area contributed by atoms with Crippen LogP contribution in [0.25, 0.3) is 6.08 Å². The van der Waals surface area contributed by atoms with Gasteiger partial charge in [-0.3, -0.25) is 0 Å². The lowest BCUT2D eigenvalue weighted by molar-refractivity contribution is 0.706. The van der Waals surface area contributed by atoms with E-state index in [0.29, 0.717) is 0 Å². The molecule has 0 atom stereocenters. The molecule has 0 aliphatic carbocycles. The Morgan fingerprint density at radius 2 is 2.33 bits per heavy atom. The molecular weight excluding hydrogens is 270 g/mol. The molecule has 0 saturated heterocycles. The molecular formula is C12H18BrNS. The monoisotopic (exact) mass is 287 g/mol. The molecule has 0 spiro atoms. The highest BCUT2D eigenvalue weighted by Crippen LogP contribution is 2.22. The van der Waals surface area contributed by atoms with Gasteiger partial charge in [-0.05, 0) is 47.5 Å². The molecule has 0 saturated carbocycles. The summed E-state index contributed by atoms with van der Waals surface area (Å²) >= 11 is 5.25. The van der Waals surface area contributed by atoms with Crippen molar-refractivity contribution in [2.75, 3.05) is 13.1 Å². The maximum atomic E-state index is 3.47. The Hall–Kier alpha value is -0.120. The van der Waals surface area contributed by atoms with E-state index in [2.05, 4.69) is 52.6 Å². The van der Waals surface area contributed by atoms with Gasteiger partial charge in [0.15, 0.2) is 0 Å². The fraction of sp³-hybridized carbons (Fsp3) is 0.500. The number of thiophene rings is 1. The van der Waals surface area contributed by atoms with Crippen LogP contribution in [0.4, 0.5) is 0 Å². The molecule has 0 bridgehead atoms. The fourth-order valence-electron chi connectivity index (χ4n) is 1.31. The van der Waals surface area contributed by atoms with Crippen molar-refractivity contribution in [3.05, 3.63) is 26.4 Å². The van der Waals surface area contributed by atoms with Gasteiger partial charge >= 0.3 is 0 Å². The van der Waals surface area contributed by atoms with Crippen molar-refractivity contribution in [3.63, 3.8) is 0 Å². The van der Waals surface area contributed by atoms with E-state index in [0.717, 1.165) is 19.5 Å². The number of rotatable bonds is 6. The van der Waals surface area contributed by atoms with E-state index in [-0.39, 0.29) is 0 Å². The predicted molar refractivity (Wildman–Crippen MR) is 73.4 cm³/mol. The molecule has 15 heavy (non-hydrogen) atoms. The molecule has 1 nitrogen and oxygen atoms in total. The third-order valence-electron chi connectivity index (χ3n) is 2.17. The van der Waals surface area contributed by atoms with Crippen LogP contribution in [0.15, 0.2) is 21.5 Å². The van der Waals surface area contributed by atoms with E-state index >= 15 is 0 Å². The van der Waals surface area contributed by atoms with Gasteiger partial charge in [0.2, 0.25) is 0 Å². The molecule has 0 fully saturated rings. The fourth-order valence-corrected chi connectivity index (χ4v) is 2.73. The third kappa shape index (κ3) is 4.96. The topological polar surface area (TPSA) is 12.0 Å². The summed E-state index contributed by atoms with van der Waals surface area (Å²) in [4.78, 5) is 1.33. The first kappa shape index (κ1) is 12.9. The molecule has 1 aromatic rings. The van der Waals surface area contributed by atoms with Gasteiger partial charge < -0.3 is 5.32 Å². The SMILES string of the molecule is CCCNCC(=Cc1cc(Br)cs1)CC. The number of hydrogen-bond acceptors (Lipinski definition) is 2. The summed E-state index contributed by atoms with van der Waals surface area (Å²) in [5.41, 5.74) is 1.47. The zero-order chi connectivity index (χ0) is 11.1. The average Bonchev–Trinajstić information content (AvgIpc) is 2.63. The van der Waals surface area contributed by atoms with E-state index < -0.39 is 0 Å². The van der Waals surface area contributed by atoms with Crippen molar-refractivity contribution < 1.29 is 0 Å². The molecule has 1 rings (SSSR count). The Balaban J connectivity index is 2.53. The predicted octanol–water partition coefficient (Wildman–Crippen LogP) is 4.30. The first-order chi connectivity index (χ1) is 7.26. The van der Waals surface area contributed by atoms with Crippen LogP contribution in [-0.4, -0.2) is 13.1 Å². The van der Waals surface area contributed by atoms with E-state index in [1.54, 1.807) is 11.3 Å². The quantitative estimate of drug-likeness (QED) is 0.769. The van der Waals surface area contributed by atoms with Crippen molar-refractivity contribution in [2.24, 2.45) is 0 Å². The first-order valence-corrected chi connectivity index (χ1v) is 7.07. The molecule has 1 N–H and O–H groups in total. The Morgan fingerprint density at radius 1 is 1.53 bits per heavy atom. The molecule has 0 aliphatic rings. The van der Waals surface area contributed by atoms with Gasteiger partial charge in [-0.15, -0.1) is 11.3 Å². The maximum Gasteiger partial charge on any atom is 0.0288 e. The summed E-state index contributed by atoms with van der Waals surface area (Å²) in [6.45, 7) is 6.52. The van der Waals surface area contributed by atoms with E-state index in [1.807, 2.05) is 0 Å². The zero-order valence-corrected chi connectivity index (χ0v) is 11.7. The van der Waals surface area contributed by atoms with Gasteiger partial charge in [0, 0.05) is 21.3 Å². The Morgan fingerprint density at radius 3 is 2.87 bits per heavy atom. The summed E-state index contributed by atoms with van der Waals surface area (Å²) in [6.07, 6.45) is 4.60. The van der Waals surface area contributed by atoms with Gasteiger partial charge in [-0.1, -0.05) is 19.4 Å². The van der Waals surface area contributed by atoms with Gasteiger partial charge in [0.25, 0.3) is 0 Å².